The number of anilines is 1. The van der Waals surface area contributed by atoms with E-state index in [2.05, 4.69) is 15.2 Å². The van der Waals surface area contributed by atoms with Crippen LogP contribution in [0.5, 0.6) is 0 Å². The molecule has 1 aromatic rings. The van der Waals surface area contributed by atoms with E-state index < -0.39 is 0 Å². The first-order valence-electron chi connectivity index (χ1n) is 6.84. The Morgan fingerprint density at radius 3 is 2.89 bits per heavy atom. The lowest BCUT2D eigenvalue weighted by atomic mass is 10.1. The van der Waals surface area contributed by atoms with E-state index in [0.717, 1.165) is 31.7 Å². The minimum Gasteiger partial charge on any atom is -0.465 e. The van der Waals surface area contributed by atoms with Crippen LogP contribution < -0.4 is 10.2 Å². The number of nitrogens with zero attached hydrogens (tertiary/aromatic N) is 2. The SMILES string of the molecule is CCOC(=O)CNC1CCN(c2ccccn2)CC1. The molecule has 0 aromatic carbocycles. The molecule has 5 heteroatoms. The number of hydrogen-bond donors (Lipinski definition) is 1. The van der Waals surface area contributed by atoms with Crippen LogP contribution in [-0.4, -0.2) is 43.2 Å². The first kappa shape index (κ1) is 13.8. The number of ether oxygens (including phenoxy) is 1. The average molecular weight is 263 g/mol. The maximum atomic E-state index is 11.3. The molecular formula is C14H21N3O2. The molecule has 1 aromatic heterocycles. The van der Waals surface area contributed by atoms with Gasteiger partial charge in [0.1, 0.15) is 5.82 Å². The fourth-order valence-corrected chi connectivity index (χ4v) is 2.29. The van der Waals surface area contributed by atoms with Gasteiger partial charge in [0, 0.05) is 25.3 Å². The fraction of sp³-hybridized carbons (Fsp3) is 0.571. The van der Waals surface area contributed by atoms with Gasteiger partial charge in [0.15, 0.2) is 0 Å². The molecule has 0 unspecified atom stereocenters. The zero-order chi connectivity index (χ0) is 13.5. The van der Waals surface area contributed by atoms with Crippen LogP contribution >= 0.6 is 0 Å². The van der Waals surface area contributed by atoms with Crippen molar-refractivity contribution < 1.29 is 9.53 Å². The van der Waals surface area contributed by atoms with Crippen LogP contribution in [0.1, 0.15) is 19.8 Å². The smallest absolute Gasteiger partial charge is 0.319 e. The summed E-state index contributed by atoms with van der Waals surface area (Å²) >= 11 is 0. The highest BCUT2D eigenvalue weighted by atomic mass is 16.5. The van der Waals surface area contributed by atoms with Gasteiger partial charge in [-0.25, -0.2) is 4.98 Å². The molecule has 0 saturated carbocycles. The Balaban J connectivity index is 1.72. The van der Waals surface area contributed by atoms with Gasteiger partial charge in [-0.05, 0) is 31.9 Å². The molecule has 1 saturated heterocycles. The van der Waals surface area contributed by atoms with Crippen molar-refractivity contribution in [1.82, 2.24) is 10.3 Å². The van der Waals surface area contributed by atoms with Crippen molar-refractivity contribution in [2.24, 2.45) is 0 Å². The zero-order valence-electron chi connectivity index (χ0n) is 11.3. The Morgan fingerprint density at radius 1 is 1.47 bits per heavy atom. The van der Waals surface area contributed by atoms with E-state index in [1.54, 1.807) is 0 Å². The second-order valence-electron chi connectivity index (χ2n) is 4.64. The predicted octanol–water partition coefficient (Wildman–Crippen LogP) is 1.20. The van der Waals surface area contributed by atoms with E-state index in [1.807, 2.05) is 31.3 Å². The predicted molar refractivity (Wildman–Crippen MR) is 74.1 cm³/mol. The Bertz CT molecular complexity index is 389. The summed E-state index contributed by atoms with van der Waals surface area (Å²) in [5.74, 6) is 0.862. The molecule has 1 aliphatic heterocycles. The maximum absolute atomic E-state index is 11.3. The van der Waals surface area contributed by atoms with Crippen molar-refractivity contribution in [2.45, 2.75) is 25.8 Å². The number of hydrogen-bond acceptors (Lipinski definition) is 5. The Labute approximate surface area is 114 Å². The molecule has 1 fully saturated rings. The number of rotatable bonds is 5. The van der Waals surface area contributed by atoms with Gasteiger partial charge in [0.2, 0.25) is 0 Å². The summed E-state index contributed by atoms with van der Waals surface area (Å²) in [7, 11) is 0. The van der Waals surface area contributed by atoms with Crippen molar-refractivity contribution in [2.75, 3.05) is 31.1 Å². The number of carbonyl (C=O) groups excluding carboxylic acids is 1. The minimum absolute atomic E-state index is 0.172. The fourth-order valence-electron chi connectivity index (χ4n) is 2.29. The number of nitrogens with one attached hydrogen (secondary N) is 1. The number of pyridine rings is 1. The molecule has 19 heavy (non-hydrogen) atoms. The van der Waals surface area contributed by atoms with E-state index in [-0.39, 0.29) is 5.97 Å². The second-order valence-corrected chi connectivity index (χ2v) is 4.64. The minimum atomic E-state index is -0.172. The molecule has 1 N–H and O–H groups in total. The van der Waals surface area contributed by atoms with Crippen molar-refractivity contribution in [3.63, 3.8) is 0 Å². The number of piperidine rings is 1. The van der Waals surface area contributed by atoms with Crippen molar-refractivity contribution in [3.05, 3.63) is 24.4 Å². The highest BCUT2D eigenvalue weighted by Crippen LogP contribution is 2.16. The van der Waals surface area contributed by atoms with Gasteiger partial charge in [-0.3, -0.25) is 4.79 Å². The first-order valence-corrected chi connectivity index (χ1v) is 6.84. The van der Waals surface area contributed by atoms with Crippen LogP contribution in [0.25, 0.3) is 0 Å². The van der Waals surface area contributed by atoms with Crippen molar-refractivity contribution in [1.29, 1.82) is 0 Å². The van der Waals surface area contributed by atoms with E-state index in [1.165, 1.54) is 0 Å². The van der Waals surface area contributed by atoms with Crippen LogP contribution in [0, 0.1) is 0 Å². The highest BCUT2D eigenvalue weighted by molar-refractivity contribution is 5.71. The molecule has 1 aliphatic rings. The Kier molecular flexibility index (Phi) is 5.15. The van der Waals surface area contributed by atoms with Gasteiger partial charge in [-0.2, -0.15) is 0 Å². The lowest BCUT2D eigenvalue weighted by Crippen LogP contribution is -2.44. The molecule has 0 atom stereocenters. The summed E-state index contributed by atoms with van der Waals surface area (Å²) in [4.78, 5) is 17.9. The lowest BCUT2D eigenvalue weighted by molar-refractivity contribution is -0.142. The third kappa shape index (κ3) is 4.21. The van der Waals surface area contributed by atoms with Crippen LogP contribution in [0.2, 0.25) is 0 Å². The highest BCUT2D eigenvalue weighted by Gasteiger charge is 2.20. The third-order valence-corrected chi connectivity index (χ3v) is 3.31. The first-order chi connectivity index (χ1) is 9.29. The van der Waals surface area contributed by atoms with Gasteiger partial charge in [0.25, 0.3) is 0 Å². The van der Waals surface area contributed by atoms with Gasteiger partial charge < -0.3 is 15.0 Å². The molecule has 0 spiro atoms. The zero-order valence-corrected chi connectivity index (χ0v) is 11.3. The average Bonchev–Trinajstić information content (AvgIpc) is 2.47. The molecular weight excluding hydrogens is 242 g/mol. The normalized spacial score (nSPS) is 16.4. The van der Waals surface area contributed by atoms with Crippen molar-refractivity contribution in [3.8, 4) is 0 Å². The molecule has 0 bridgehead atoms. The summed E-state index contributed by atoms with van der Waals surface area (Å²) in [5.41, 5.74) is 0. The van der Waals surface area contributed by atoms with E-state index in [4.69, 9.17) is 4.74 Å². The van der Waals surface area contributed by atoms with Crippen molar-refractivity contribution >= 4 is 11.8 Å². The molecule has 0 amide bonds. The van der Waals surface area contributed by atoms with Crippen LogP contribution in [0.4, 0.5) is 5.82 Å². The van der Waals surface area contributed by atoms with Crippen LogP contribution in [0.3, 0.4) is 0 Å². The topological polar surface area (TPSA) is 54.5 Å². The van der Waals surface area contributed by atoms with Gasteiger partial charge >= 0.3 is 5.97 Å². The lowest BCUT2D eigenvalue weighted by Gasteiger charge is -2.33. The second kappa shape index (κ2) is 7.09. The molecule has 5 nitrogen and oxygen atoms in total. The third-order valence-electron chi connectivity index (χ3n) is 3.31. The number of aromatic nitrogens is 1. The molecule has 104 valence electrons. The number of carbonyl (C=O) groups is 1. The quantitative estimate of drug-likeness (QED) is 0.809. The standard InChI is InChI=1S/C14H21N3O2/c1-2-19-14(18)11-16-12-6-9-17(10-7-12)13-5-3-4-8-15-13/h3-5,8,12,16H,2,6-7,9-11H2,1H3. The van der Waals surface area contributed by atoms with E-state index in [9.17, 15) is 4.79 Å². The summed E-state index contributed by atoms with van der Waals surface area (Å²) in [5, 5.41) is 3.26. The maximum Gasteiger partial charge on any atom is 0.319 e. The summed E-state index contributed by atoms with van der Waals surface area (Å²) in [6, 6.07) is 6.36. The molecule has 0 aliphatic carbocycles. The van der Waals surface area contributed by atoms with Gasteiger partial charge in [-0.1, -0.05) is 6.07 Å². The van der Waals surface area contributed by atoms with Gasteiger partial charge in [-0.15, -0.1) is 0 Å². The van der Waals surface area contributed by atoms with E-state index in [0.29, 0.717) is 19.2 Å². The Morgan fingerprint density at radius 2 is 2.26 bits per heavy atom. The Hall–Kier alpha value is -1.62. The van der Waals surface area contributed by atoms with Crippen LogP contribution in [0.15, 0.2) is 24.4 Å². The number of esters is 1. The summed E-state index contributed by atoms with van der Waals surface area (Å²) in [6.07, 6.45) is 3.87. The summed E-state index contributed by atoms with van der Waals surface area (Å²) in [6.45, 7) is 4.51. The van der Waals surface area contributed by atoms with Gasteiger partial charge in [0.05, 0.1) is 13.2 Å². The summed E-state index contributed by atoms with van der Waals surface area (Å²) < 4.78 is 4.90. The molecule has 2 rings (SSSR count). The molecule has 2 heterocycles. The molecule has 0 radical (unpaired) electrons. The monoisotopic (exact) mass is 263 g/mol. The van der Waals surface area contributed by atoms with Crippen LogP contribution in [-0.2, 0) is 9.53 Å². The van der Waals surface area contributed by atoms with E-state index >= 15 is 0 Å². The largest absolute Gasteiger partial charge is 0.465 e.